The van der Waals surface area contributed by atoms with Crippen molar-refractivity contribution in [2.75, 3.05) is 13.2 Å². The quantitative estimate of drug-likeness (QED) is 0.0321. The molecular weight excluding hydrogens is 815 g/mol. The Hall–Kier alpha value is -1.40. The van der Waals surface area contributed by atoms with Crippen molar-refractivity contribution in [3.63, 3.8) is 0 Å². The third-order valence-corrected chi connectivity index (χ3v) is 14.1. The van der Waals surface area contributed by atoms with Crippen molar-refractivity contribution in [1.82, 2.24) is 5.32 Å². The number of rotatable bonds is 56. The molecule has 6 nitrogen and oxygen atoms in total. The molecule has 0 rings (SSSR count). The van der Waals surface area contributed by atoms with Gasteiger partial charge >= 0.3 is 5.97 Å². The van der Waals surface area contributed by atoms with Crippen LogP contribution in [0.4, 0.5) is 0 Å². The average Bonchev–Trinajstić information content (AvgIpc) is 3.32. The highest BCUT2D eigenvalue weighted by atomic mass is 16.5. The van der Waals surface area contributed by atoms with Gasteiger partial charge in [0.05, 0.1) is 25.4 Å². The summed E-state index contributed by atoms with van der Waals surface area (Å²) in [4.78, 5) is 24.6. The van der Waals surface area contributed by atoms with Gasteiger partial charge in [-0.15, -0.1) is 0 Å². The van der Waals surface area contributed by atoms with E-state index in [0.29, 0.717) is 25.9 Å². The molecule has 392 valence electrons. The standard InChI is InChI=1S/C60H117NO5/c1-3-5-7-9-11-13-15-17-19-20-21-22-26-30-34-38-42-46-50-54-60(65)66-55-51-47-43-39-35-31-27-23-25-29-33-37-41-45-49-53-59(64)61-57(56-62)58(63)52-48-44-40-36-32-28-24-18-16-14-12-10-8-6-4-2/h17,19,57-58,62-63H,3-16,18,20-56H2,1-2H3,(H,61,64)/b19-17-. The summed E-state index contributed by atoms with van der Waals surface area (Å²) in [5, 5.41) is 23.3. The number of nitrogens with one attached hydrogen (secondary N) is 1. The molecule has 0 bridgehead atoms. The maximum absolute atomic E-state index is 12.5. The maximum Gasteiger partial charge on any atom is 0.305 e. The Morgan fingerprint density at radius 2 is 0.712 bits per heavy atom. The second kappa shape index (κ2) is 56.2. The Labute approximate surface area is 412 Å². The molecule has 0 aromatic rings. The molecule has 2 unspecified atom stereocenters. The normalized spacial score (nSPS) is 12.6. The first-order chi connectivity index (χ1) is 32.5. The lowest BCUT2D eigenvalue weighted by Gasteiger charge is -2.22. The zero-order valence-electron chi connectivity index (χ0n) is 44.7. The van der Waals surface area contributed by atoms with Crippen molar-refractivity contribution in [2.45, 2.75) is 347 Å². The first-order valence-electron chi connectivity index (χ1n) is 29.9. The number of unbranched alkanes of at least 4 members (excludes halogenated alkanes) is 43. The van der Waals surface area contributed by atoms with E-state index in [1.165, 1.54) is 257 Å². The van der Waals surface area contributed by atoms with E-state index in [4.69, 9.17) is 4.74 Å². The molecule has 2 atom stereocenters. The summed E-state index contributed by atoms with van der Waals surface area (Å²) in [7, 11) is 0. The van der Waals surface area contributed by atoms with Crippen LogP contribution in [-0.4, -0.2) is 47.4 Å². The minimum atomic E-state index is -0.669. The predicted octanol–water partition coefficient (Wildman–Crippen LogP) is 18.5. The van der Waals surface area contributed by atoms with E-state index in [9.17, 15) is 19.8 Å². The van der Waals surface area contributed by atoms with E-state index < -0.39 is 12.1 Å². The summed E-state index contributed by atoms with van der Waals surface area (Å²) >= 11 is 0. The molecule has 0 saturated carbocycles. The Kier molecular flexibility index (Phi) is 55.0. The number of allylic oxidation sites excluding steroid dienone is 2. The first-order valence-corrected chi connectivity index (χ1v) is 29.9. The van der Waals surface area contributed by atoms with Gasteiger partial charge in [-0.3, -0.25) is 9.59 Å². The Morgan fingerprint density at radius 3 is 1.08 bits per heavy atom. The van der Waals surface area contributed by atoms with E-state index in [2.05, 4.69) is 31.3 Å². The van der Waals surface area contributed by atoms with Gasteiger partial charge in [0, 0.05) is 12.8 Å². The van der Waals surface area contributed by atoms with Crippen LogP contribution in [0.25, 0.3) is 0 Å². The van der Waals surface area contributed by atoms with Crippen LogP contribution >= 0.6 is 0 Å². The van der Waals surface area contributed by atoms with Gasteiger partial charge in [0.15, 0.2) is 0 Å². The topological polar surface area (TPSA) is 95.9 Å². The third-order valence-electron chi connectivity index (χ3n) is 14.1. The molecule has 0 saturated heterocycles. The summed E-state index contributed by atoms with van der Waals surface area (Å²) in [6.45, 7) is 4.95. The number of aliphatic hydroxyl groups excluding tert-OH is 2. The molecule has 0 heterocycles. The molecule has 0 fully saturated rings. The highest BCUT2D eigenvalue weighted by Gasteiger charge is 2.20. The summed E-state index contributed by atoms with van der Waals surface area (Å²) in [6, 6.07) is -0.547. The molecule has 0 spiro atoms. The second-order valence-electron chi connectivity index (χ2n) is 20.7. The molecule has 0 aliphatic heterocycles. The van der Waals surface area contributed by atoms with Gasteiger partial charge < -0.3 is 20.3 Å². The van der Waals surface area contributed by atoms with Crippen molar-refractivity contribution >= 4 is 11.9 Å². The molecule has 1 amide bonds. The van der Waals surface area contributed by atoms with Gasteiger partial charge in [-0.05, 0) is 51.4 Å². The van der Waals surface area contributed by atoms with Crippen LogP contribution < -0.4 is 5.32 Å². The zero-order chi connectivity index (χ0) is 47.9. The summed E-state index contributed by atoms with van der Waals surface area (Å²) < 4.78 is 5.49. The number of carbonyl (C=O) groups excluding carboxylic acids is 2. The zero-order valence-corrected chi connectivity index (χ0v) is 44.7. The van der Waals surface area contributed by atoms with E-state index in [1.54, 1.807) is 0 Å². The minimum Gasteiger partial charge on any atom is -0.466 e. The molecule has 0 aliphatic carbocycles. The smallest absolute Gasteiger partial charge is 0.305 e. The molecule has 3 N–H and O–H groups in total. The fraction of sp³-hybridized carbons (Fsp3) is 0.933. The maximum atomic E-state index is 12.5. The molecule has 0 aromatic heterocycles. The van der Waals surface area contributed by atoms with E-state index in [0.717, 1.165) is 44.9 Å². The predicted molar refractivity (Wildman–Crippen MR) is 287 cm³/mol. The van der Waals surface area contributed by atoms with Gasteiger partial charge in [-0.25, -0.2) is 0 Å². The van der Waals surface area contributed by atoms with Gasteiger partial charge in [-0.1, -0.05) is 283 Å². The first kappa shape index (κ1) is 64.6. The minimum absolute atomic E-state index is 0.00109. The number of hydrogen-bond acceptors (Lipinski definition) is 5. The van der Waals surface area contributed by atoms with Gasteiger partial charge in [-0.2, -0.15) is 0 Å². The third kappa shape index (κ3) is 52.0. The van der Waals surface area contributed by atoms with Crippen molar-refractivity contribution in [3.05, 3.63) is 12.2 Å². The van der Waals surface area contributed by atoms with E-state index >= 15 is 0 Å². The van der Waals surface area contributed by atoms with Gasteiger partial charge in [0.2, 0.25) is 5.91 Å². The van der Waals surface area contributed by atoms with Crippen LogP contribution in [-0.2, 0) is 14.3 Å². The van der Waals surface area contributed by atoms with Crippen LogP contribution in [0.3, 0.4) is 0 Å². The summed E-state index contributed by atoms with van der Waals surface area (Å²) in [5.41, 5.74) is 0. The second-order valence-corrected chi connectivity index (χ2v) is 20.7. The molecule has 0 aliphatic rings. The largest absolute Gasteiger partial charge is 0.466 e. The Bertz CT molecular complexity index is 986. The van der Waals surface area contributed by atoms with Crippen LogP contribution in [0.1, 0.15) is 335 Å². The van der Waals surface area contributed by atoms with Crippen molar-refractivity contribution < 1.29 is 24.5 Å². The van der Waals surface area contributed by atoms with Gasteiger partial charge in [0.1, 0.15) is 0 Å². The number of aliphatic hydroxyl groups is 2. The van der Waals surface area contributed by atoms with E-state index in [1.807, 2.05) is 0 Å². The highest BCUT2D eigenvalue weighted by Crippen LogP contribution is 2.18. The fourth-order valence-electron chi connectivity index (χ4n) is 9.46. The number of ether oxygens (including phenoxy) is 1. The highest BCUT2D eigenvalue weighted by molar-refractivity contribution is 5.76. The lowest BCUT2D eigenvalue weighted by Crippen LogP contribution is -2.45. The van der Waals surface area contributed by atoms with Crippen LogP contribution in [0.2, 0.25) is 0 Å². The van der Waals surface area contributed by atoms with Crippen molar-refractivity contribution in [3.8, 4) is 0 Å². The Balaban J connectivity index is 3.40. The Morgan fingerprint density at radius 1 is 0.409 bits per heavy atom. The average molecular weight is 933 g/mol. The van der Waals surface area contributed by atoms with Crippen molar-refractivity contribution in [1.29, 1.82) is 0 Å². The lowest BCUT2D eigenvalue weighted by molar-refractivity contribution is -0.143. The molecule has 66 heavy (non-hydrogen) atoms. The molecule has 0 radical (unpaired) electrons. The fourth-order valence-corrected chi connectivity index (χ4v) is 9.46. The molecule has 6 heteroatoms. The van der Waals surface area contributed by atoms with Gasteiger partial charge in [0.25, 0.3) is 0 Å². The van der Waals surface area contributed by atoms with Crippen LogP contribution in [0.5, 0.6) is 0 Å². The van der Waals surface area contributed by atoms with Crippen LogP contribution in [0, 0.1) is 0 Å². The number of amides is 1. The number of hydrogen-bond donors (Lipinski definition) is 3. The number of carbonyl (C=O) groups is 2. The monoisotopic (exact) mass is 932 g/mol. The lowest BCUT2D eigenvalue weighted by atomic mass is 10.0. The molecular formula is C60H117NO5. The number of esters is 1. The summed E-state index contributed by atoms with van der Waals surface area (Å²) in [6.07, 6.45) is 66.3. The van der Waals surface area contributed by atoms with E-state index in [-0.39, 0.29) is 18.5 Å². The molecule has 0 aromatic carbocycles. The van der Waals surface area contributed by atoms with Crippen molar-refractivity contribution in [2.24, 2.45) is 0 Å². The van der Waals surface area contributed by atoms with Crippen LogP contribution in [0.15, 0.2) is 12.2 Å². The summed E-state index contributed by atoms with van der Waals surface area (Å²) in [5.74, 6) is -0.0401. The SMILES string of the molecule is CCCCCCCC/C=C\CCCCCCCCCCCC(=O)OCCCCCCCCCCCCCCCCCC(=O)NC(CO)C(O)CCCCCCCCCCCCCCCCC.